The molecule has 30 heavy (non-hydrogen) atoms. The minimum atomic E-state index is -4.50. The van der Waals surface area contributed by atoms with Crippen molar-refractivity contribution in [3.05, 3.63) is 65.0 Å². The smallest absolute Gasteiger partial charge is 0.416 e. The number of carbonyl (C=O) groups excluding carboxylic acids is 1. The van der Waals surface area contributed by atoms with Crippen LogP contribution < -0.4 is 5.32 Å². The highest BCUT2D eigenvalue weighted by atomic mass is 19.4. The zero-order valence-electron chi connectivity index (χ0n) is 15.3. The maximum absolute atomic E-state index is 14.1. The van der Waals surface area contributed by atoms with Gasteiger partial charge in [0.1, 0.15) is 11.2 Å². The number of amides is 2. The number of urea groups is 1. The van der Waals surface area contributed by atoms with Gasteiger partial charge in [-0.1, -0.05) is 12.1 Å². The van der Waals surface area contributed by atoms with Gasteiger partial charge in [0.15, 0.2) is 0 Å². The van der Waals surface area contributed by atoms with Crippen molar-refractivity contribution in [1.29, 1.82) is 0 Å². The van der Waals surface area contributed by atoms with Gasteiger partial charge in [-0.3, -0.25) is 4.79 Å². The second-order valence-corrected chi connectivity index (χ2v) is 7.16. The summed E-state index contributed by atoms with van der Waals surface area (Å²) in [6.45, 7) is -0.264. The molecular weight excluding hydrogens is 406 g/mol. The van der Waals surface area contributed by atoms with Crippen LogP contribution in [0.1, 0.15) is 23.1 Å². The first-order valence-corrected chi connectivity index (χ1v) is 8.98. The zero-order chi connectivity index (χ0) is 21.7. The second kappa shape index (κ2) is 6.82. The summed E-state index contributed by atoms with van der Waals surface area (Å²) in [5.41, 5.74) is -1.46. The van der Waals surface area contributed by atoms with Gasteiger partial charge in [0.25, 0.3) is 0 Å². The Morgan fingerprint density at radius 3 is 2.47 bits per heavy atom. The Labute approximate surface area is 167 Å². The number of fused-ring (bicyclic) bond motifs is 3. The Morgan fingerprint density at radius 1 is 1.13 bits per heavy atom. The summed E-state index contributed by atoms with van der Waals surface area (Å²) in [5.74, 6) is -1.65. The molecule has 6 nitrogen and oxygen atoms in total. The third-order valence-corrected chi connectivity index (χ3v) is 5.38. The molecule has 2 amide bonds. The Kier molecular flexibility index (Phi) is 4.52. The van der Waals surface area contributed by atoms with E-state index in [-0.39, 0.29) is 30.8 Å². The molecule has 1 heterocycles. The molecule has 0 saturated carbocycles. The number of aliphatic carboxylic acids is 1. The fourth-order valence-corrected chi connectivity index (χ4v) is 3.79. The van der Waals surface area contributed by atoms with E-state index < -0.39 is 35.0 Å². The molecule has 2 aromatic carbocycles. The van der Waals surface area contributed by atoms with E-state index in [1.807, 2.05) is 0 Å². The second-order valence-electron chi connectivity index (χ2n) is 7.16. The van der Waals surface area contributed by atoms with Gasteiger partial charge in [-0.05, 0) is 48.7 Å². The van der Waals surface area contributed by atoms with Crippen molar-refractivity contribution >= 4 is 23.4 Å². The number of benzene rings is 2. The van der Waals surface area contributed by atoms with E-state index in [0.29, 0.717) is 11.1 Å². The lowest BCUT2D eigenvalue weighted by molar-refractivity contribution is -0.145. The average Bonchev–Trinajstić information content (AvgIpc) is 3.10. The Hall–Kier alpha value is -3.43. The normalized spacial score (nSPS) is 20.3. The molecule has 0 bridgehead atoms. The van der Waals surface area contributed by atoms with E-state index in [0.717, 1.165) is 29.3 Å². The standard InChI is InChI=1S/C20H15F4N3O3/c21-15-3-1-2-14-13(15)8-9-19(17(28)29)10-27(26-16(14)19)18(30)25-12-6-4-11(5-7-12)20(22,23)24/h1-7H,8-10H2,(H,25,30)(H,28,29). The minimum absolute atomic E-state index is 0.0686. The molecule has 2 N–H and O–H groups in total. The number of hydrogen-bond donors (Lipinski definition) is 2. The van der Waals surface area contributed by atoms with Gasteiger partial charge < -0.3 is 10.4 Å². The van der Waals surface area contributed by atoms with Crippen LogP contribution in [0.3, 0.4) is 0 Å². The number of halogens is 4. The van der Waals surface area contributed by atoms with Crippen LogP contribution in [0.15, 0.2) is 47.6 Å². The summed E-state index contributed by atoms with van der Waals surface area (Å²) in [5, 5.41) is 17.3. The van der Waals surface area contributed by atoms with Crippen molar-refractivity contribution in [3.63, 3.8) is 0 Å². The first kappa shape index (κ1) is 19.9. The molecule has 1 atom stereocenters. The van der Waals surface area contributed by atoms with E-state index in [1.165, 1.54) is 12.1 Å². The van der Waals surface area contributed by atoms with Crippen molar-refractivity contribution in [2.45, 2.75) is 19.0 Å². The summed E-state index contributed by atoms with van der Waals surface area (Å²) >= 11 is 0. The number of hydrazone groups is 1. The van der Waals surface area contributed by atoms with Gasteiger partial charge in [0.2, 0.25) is 0 Å². The molecule has 0 spiro atoms. The van der Waals surface area contributed by atoms with Crippen molar-refractivity contribution < 1.29 is 32.3 Å². The summed E-state index contributed by atoms with van der Waals surface area (Å²) in [7, 11) is 0. The largest absolute Gasteiger partial charge is 0.480 e. The quantitative estimate of drug-likeness (QED) is 0.716. The molecule has 4 rings (SSSR count). The molecule has 2 aliphatic rings. The molecule has 0 radical (unpaired) electrons. The molecule has 156 valence electrons. The van der Waals surface area contributed by atoms with Gasteiger partial charge in [-0.25, -0.2) is 14.2 Å². The number of alkyl halides is 3. The molecule has 0 saturated heterocycles. The van der Waals surface area contributed by atoms with Crippen LogP contribution >= 0.6 is 0 Å². The van der Waals surface area contributed by atoms with E-state index in [2.05, 4.69) is 10.4 Å². The number of hydrogen-bond acceptors (Lipinski definition) is 3. The van der Waals surface area contributed by atoms with Gasteiger partial charge >= 0.3 is 18.2 Å². The maximum atomic E-state index is 14.1. The van der Waals surface area contributed by atoms with Crippen LogP contribution in [-0.4, -0.2) is 34.4 Å². The third-order valence-electron chi connectivity index (χ3n) is 5.38. The summed E-state index contributed by atoms with van der Waals surface area (Å²) in [4.78, 5) is 24.7. The Balaban J connectivity index is 1.62. The van der Waals surface area contributed by atoms with Crippen molar-refractivity contribution in [3.8, 4) is 0 Å². The fourth-order valence-electron chi connectivity index (χ4n) is 3.79. The van der Waals surface area contributed by atoms with Crippen molar-refractivity contribution in [2.75, 3.05) is 11.9 Å². The van der Waals surface area contributed by atoms with Gasteiger partial charge in [-0.2, -0.15) is 18.3 Å². The lowest BCUT2D eigenvalue weighted by atomic mass is 9.70. The topological polar surface area (TPSA) is 82.0 Å². The van der Waals surface area contributed by atoms with E-state index >= 15 is 0 Å². The van der Waals surface area contributed by atoms with Gasteiger partial charge in [0, 0.05) is 11.3 Å². The molecule has 1 aliphatic carbocycles. The summed E-state index contributed by atoms with van der Waals surface area (Å²) < 4.78 is 52.1. The van der Waals surface area contributed by atoms with Crippen LogP contribution in [0.2, 0.25) is 0 Å². The number of nitrogens with zero attached hydrogens (tertiary/aromatic N) is 2. The third kappa shape index (κ3) is 3.17. The van der Waals surface area contributed by atoms with Crippen LogP contribution in [0.4, 0.5) is 28.0 Å². The molecule has 0 fully saturated rings. The number of nitrogens with one attached hydrogen (secondary N) is 1. The predicted molar refractivity (Wildman–Crippen MR) is 98.5 cm³/mol. The highest BCUT2D eigenvalue weighted by molar-refractivity contribution is 6.18. The number of rotatable bonds is 2. The number of anilines is 1. The predicted octanol–water partition coefficient (Wildman–Crippen LogP) is 4.11. The number of carboxylic acid groups (broad SMARTS) is 1. The highest BCUT2D eigenvalue weighted by Crippen LogP contribution is 2.42. The van der Waals surface area contributed by atoms with E-state index in [1.54, 1.807) is 6.07 Å². The van der Waals surface area contributed by atoms with Crippen LogP contribution in [0.5, 0.6) is 0 Å². The highest BCUT2D eigenvalue weighted by Gasteiger charge is 2.53. The first-order valence-electron chi connectivity index (χ1n) is 8.98. The van der Waals surface area contributed by atoms with Crippen molar-refractivity contribution in [1.82, 2.24) is 5.01 Å². The van der Waals surface area contributed by atoms with Crippen LogP contribution in [0.25, 0.3) is 0 Å². The summed E-state index contributed by atoms with van der Waals surface area (Å²) in [6, 6.07) is 7.31. The number of carbonyl (C=O) groups is 2. The van der Waals surface area contributed by atoms with Gasteiger partial charge in [0.05, 0.1) is 17.8 Å². The first-order chi connectivity index (χ1) is 14.1. The average molecular weight is 421 g/mol. The summed E-state index contributed by atoms with van der Waals surface area (Å²) in [6.07, 6.45) is -4.25. The SMILES string of the molecule is O=C(Nc1ccc(C(F)(F)F)cc1)N1CC2(C(=O)O)CCc3c(F)cccc3C2=N1. The molecule has 2 aromatic rings. The van der Waals surface area contributed by atoms with Gasteiger partial charge in [-0.15, -0.1) is 0 Å². The van der Waals surface area contributed by atoms with E-state index in [9.17, 15) is 32.3 Å². The lowest BCUT2D eigenvalue weighted by Crippen LogP contribution is -2.46. The molecule has 1 unspecified atom stereocenters. The molecule has 10 heteroatoms. The van der Waals surface area contributed by atoms with Crippen LogP contribution in [0, 0.1) is 11.2 Å². The Morgan fingerprint density at radius 2 is 1.83 bits per heavy atom. The number of carboxylic acids is 1. The minimum Gasteiger partial charge on any atom is -0.480 e. The molecule has 1 aliphatic heterocycles. The Bertz CT molecular complexity index is 1070. The van der Waals surface area contributed by atoms with E-state index in [4.69, 9.17) is 0 Å². The maximum Gasteiger partial charge on any atom is 0.416 e. The van der Waals surface area contributed by atoms with Crippen molar-refractivity contribution in [2.24, 2.45) is 10.5 Å². The monoisotopic (exact) mass is 421 g/mol. The molecular formula is C20H15F4N3O3. The fraction of sp³-hybridized carbons (Fsp3) is 0.250. The zero-order valence-corrected chi connectivity index (χ0v) is 15.3. The molecule has 0 aromatic heterocycles. The lowest BCUT2D eigenvalue weighted by Gasteiger charge is -2.31. The van der Waals surface area contributed by atoms with Crippen LogP contribution in [-0.2, 0) is 17.4 Å².